The number of hydrogen-bond acceptors (Lipinski definition) is 3. The molecule has 0 fully saturated rings. The molecule has 120 valence electrons. The fourth-order valence-electron chi connectivity index (χ4n) is 4.29. The molecule has 1 aliphatic heterocycles. The van der Waals surface area contributed by atoms with Gasteiger partial charge in [0.25, 0.3) is 0 Å². The number of fused-ring (bicyclic) bond motifs is 2. The first-order valence-electron chi connectivity index (χ1n) is 8.49. The van der Waals surface area contributed by atoms with Gasteiger partial charge in [0.2, 0.25) is 0 Å². The highest BCUT2D eigenvalue weighted by atomic mass is 16.5. The van der Waals surface area contributed by atoms with Crippen molar-refractivity contribution in [2.75, 3.05) is 20.2 Å². The SMILES string of the molecule is CCCN1CCc2cccc3c2C1Cc1ccc(OC)c(O)c1-3. The van der Waals surface area contributed by atoms with E-state index in [1.54, 1.807) is 7.11 Å². The minimum Gasteiger partial charge on any atom is -0.504 e. The quantitative estimate of drug-likeness (QED) is 0.932. The maximum atomic E-state index is 10.7. The van der Waals surface area contributed by atoms with Gasteiger partial charge in [0, 0.05) is 18.2 Å². The van der Waals surface area contributed by atoms with Crippen LogP contribution >= 0.6 is 0 Å². The Labute approximate surface area is 137 Å². The van der Waals surface area contributed by atoms with Crippen molar-refractivity contribution in [3.63, 3.8) is 0 Å². The molecule has 1 atom stereocenters. The highest BCUT2D eigenvalue weighted by molar-refractivity contribution is 5.82. The molecule has 3 heteroatoms. The van der Waals surface area contributed by atoms with E-state index >= 15 is 0 Å². The van der Waals surface area contributed by atoms with Crippen LogP contribution in [0.25, 0.3) is 11.1 Å². The predicted octanol–water partition coefficient (Wildman–Crippen LogP) is 3.93. The van der Waals surface area contributed by atoms with Crippen molar-refractivity contribution >= 4 is 0 Å². The summed E-state index contributed by atoms with van der Waals surface area (Å²) < 4.78 is 5.32. The number of methoxy groups -OCH3 is 1. The number of hydrogen-bond donors (Lipinski definition) is 1. The smallest absolute Gasteiger partial charge is 0.165 e. The molecule has 1 N–H and O–H groups in total. The zero-order valence-corrected chi connectivity index (χ0v) is 13.8. The molecule has 0 bridgehead atoms. The number of phenols is 1. The summed E-state index contributed by atoms with van der Waals surface area (Å²) in [7, 11) is 1.61. The third-order valence-electron chi connectivity index (χ3n) is 5.28. The van der Waals surface area contributed by atoms with Crippen LogP contribution in [0.2, 0.25) is 0 Å². The van der Waals surface area contributed by atoms with Gasteiger partial charge in [-0.3, -0.25) is 4.90 Å². The Kier molecular flexibility index (Phi) is 3.53. The highest BCUT2D eigenvalue weighted by Crippen LogP contribution is 2.50. The van der Waals surface area contributed by atoms with E-state index in [0.29, 0.717) is 11.8 Å². The average Bonchev–Trinajstić information content (AvgIpc) is 2.57. The highest BCUT2D eigenvalue weighted by Gasteiger charge is 2.35. The summed E-state index contributed by atoms with van der Waals surface area (Å²) >= 11 is 0. The molecule has 23 heavy (non-hydrogen) atoms. The number of ether oxygens (including phenoxy) is 1. The van der Waals surface area contributed by atoms with Crippen LogP contribution in [0, 0.1) is 0 Å². The Morgan fingerprint density at radius 2 is 2.09 bits per heavy atom. The van der Waals surface area contributed by atoms with Gasteiger partial charge >= 0.3 is 0 Å². The molecule has 0 spiro atoms. The largest absolute Gasteiger partial charge is 0.504 e. The first kappa shape index (κ1) is 14.6. The van der Waals surface area contributed by atoms with Crippen LogP contribution in [0.3, 0.4) is 0 Å². The van der Waals surface area contributed by atoms with Gasteiger partial charge in [0.15, 0.2) is 11.5 Å². The zero-order valence-electron chi connectivity index (χ0n) is 13.8. The van der Waals surface area contributed by atoms with Crippen LogP contribution in [0.4, 0.5) is 0 Å². The maximum Gasteiger partial charge on any atom is 0.165 e. The van der Waals surface area contributed by atoms with Crippen molar-refractivity contribution in [1.82, 2.24) is 4.90 Å². The van der Waals surface area contributed by atoms with Gasteiger partial charge in [-0.25, -0.2) is 0 Å². The molecule has 1 aliphatic carbocycles. The van der Waals surface area contributed by atoms with Gasteiger partial charge in [-0.05, 0) is 54.1 Å². The van der Waals surface area contributed by atoms with Crippen LogP contribution in [-0.4, -0.2) is 30.2 Å². The van der Waals surface area contributed by atoms with Crippen molar-refractivity contribution in [3.8, 4) is 22.6 Å². The van der Waals surface area contributed by atoms with Gasteiger partial charge in [0.1, 0.15) is 0 Å². The summed E-state index contributed by atoms with van der Waals surface area (Å²) in [6.45, 7) is 4.51. The van der Waals surface area contributed by atoms with Crippen LogP contribution in [-0.2, 0) is 12.8 Å². The van der Waals surface area contributed by atoms with E-state index in [1.165, 1.54) is 28.7 Å². The lowest BCUT2D eigenvalue weighted by atomic mass is 9.76. The second-order valence-electron chi connectivity index (χ2n) is 6.53. The third kappa shape index (κ3) is 2.14. The number of phenolic OH excluding ortho intramolecular Hbond substituents is 1. The molecule has 0 amide bonds. The Morgan fingerprint density at radius 1 is 1.22 bits per heavy atom. The van der Waals surface area contributed by atoms with Gasteiger partial charge in [-0.2, -0.15) is 0 Å². The maximum absolute atomic E-state index is 10.7. The van der Waals surface area contributed by atoms with E-state index < -0.39 is 0 Å². The first-order valence-corrected chi connectivity index (χ1v) is 8.49. The number of rotatable bonds is 3. The van der Waals surface area contributed by atoms with E-state index in [9.17, 15) is 5.11 Å². The average molecular weight is 309 g/mol. The molecule has 2 aromatic rings. The normalized spacial score (nSPS) is 19.1. The summed E-state index contributed by atoms with van der Waals surface area (Å²) in [5, 5.41) is 10.7. The van der Waals surface area contributed by atoms with E-state index in [4.69, 9.17) is 4.74 Å². The Bertz CT molecular complexity index is 754. The minimum atomic E-state index is 0.282. The van der Waals surface area contributed by atoms with Gasteiger partial charge in [-0.15, -0.1) is 0 Å². The molecule has 3 nitrogen and oxygen atoms in total. The van der Waals surface area contributed by atoms with Crippen LogP contribution in [0.15, 0.2) is 30.3 Å². The molecule has 2 aromatic carbocycles. The second kappa shape index (κ2) is 5.57. The first-order chi connectivity index (χ1) is 11.2. The summed E-state index contributed by atoms with van der Waals surface area (Å²) in [5.74, 6) is 0.838. The lowest BCUT2D eigenvalue weighted by Gasteiger charge is -2.41. The Hall–Kier alpha value is -2.00. The Morgan fingerprint density at radius 3 is 2.87 bits per heavy atom. The number of aromatic hydroxyl groups is 1. The van der Waals surface area contributed by atoms with Crippen molar-refractivity contribution < 1.29 is 9.84 Å². The summed E-state index contributed by atoms with van der Waals surface area (Å²) in [6.07, 6.45) is 3.24. The molecule has 0 saturated carbocycles. The van der Waals surface area contributed by atoms with E-state index in [2.05, 4.69) is 36.1 Å². The van der Waals surface area contributed by atoms with E-state index in [0.717, 1.165) is 31.5 Å². The van der Waals surface area contributed by atoms with Gasteiger partial charge < -0.3 is 9.84 Å². The monoisotopic (exact) mass is 309 g/mol. The van der Waals surface area contributed by atoms with Crippen molar-refractivity contribution in [1.29, 1.82) is 0 Å². The second-order valence-corrected chi connectivity index (χ2v) is 6.53. The molecular weight excluding hydrogens is 286 g/mol. The topological polar surface area (TPSA) is 32.7 Å². The molecule has 0 saturated heterocycles. The third-order valence-corrected chi connectivity index (χ3v) is 5.28. The fourth-order valence-corrected chi connectivity index (χ4v) is 4.29. The zero-order chi connectivity index (χ0) is 16.0. The number of benzene rings is 2. The lowest BCUT2D eigenvalue weighted by molar-refractivity contribution is 0.183. The van der Waals surface area contributed by atoms with Crippen molar-refractivity contribution in [2.24, 2.45) is 0 Å². The molecule has 1 heterocycles. The molecule has 0 aromatic heterocycles. The number of nitrogens with zero attached hydrogens (tertiary/aromatic N) is 1. The minimum absolute atomic E-state index is 0.282. The fraction of sp³-hybridized carbons (Fsp3) is 0.400. The molecule has 2 aliphatic rings. The Balaban J connectivity index is 1.93. The van der Waals surface area contributed by atoms with Gasteiger partial charge in [0.05, 0.1) is 7.11 Å². The van der Waals surface area contributed by atoms with E-state index in [-0.39, 0.29) is 5.75 Å². The molecular formula is C20H23NO2. The molecule has 4 rings (SSSR count). The van der Waals surface area contributed by atoms with E-state index in [1.807, 2.05) is 6.07 Å². The summed E-state index contributed by atoms with van der Waals surface area (Å²) in [6, 6.07) is 11.0. The predicted molar refractivity (Wildman–Crippen MR) is 92.1 cm³/mol. The summed E-state index contributed by atoms with van der Waals surface area (Å²) in [5.41, 5.74) is 6.23. The standard InChI is InChI=1S/C20H23NO2/c1-3-10-21-11-9-13-5-4-6-15-18(13)16(21)12-14-7-8-17(23-2)20(22)19(14)15/h4-8,16,22H,3,9-12H2,1-2H3. The lowest BCUT2D eigenvalue weighted by Crippen LogP contribution is -2.38. The van der Waals surface area contributed by atoms with Gasteiger partial charge in [-0.1, -0.05) is 31.2 Å². The summed E-state index contributed by atoms with van der Waals surface area (Å²) in [4.78, 5) is 2.61. The van der Waals surface area contributed by atoms with Crippen molar-refractivity contribution in [2.45, 2.75) is 32.2 Å². The molecule has 0 radical (unpaired) electrons. The van der Waals surface area contributed by atoms with Crippen LogP contribution in [0.5, 0.6) is 11.5 Å². The molecule has 1 unspecified atom stereocenters. The van der Waals surface area contributed by atoms with Crippen LogP contribution < -0.4 is 4.74 Å². The van der Waals surface area contributed by atoms with Crippen LogP contribution in [0.1, 0.15) is 36.1 Å². The van der Waals surface area contributed by atoms with Crippen molar-refractivity contribution in [3.05, 3.63) is 47.0 Å².